The van der Waals surface area contributed by atoms with Crippen LogP contribution in [0.5, 0.6) is 0 Å². The standard InChI is InChI=1S/C13H25NO3/c1-3-7-11(12(15)16-4-2)17-10-13(14)8-5-6-9-13/h11H,3-10,14H2,1-2H3. The Hall–Kier alpha value is -0.610. The van der Waals surface area contributed by atoms with Crippen LogP contribution in [-0.4, -0.2) is 30.8 Å². The summed E-state index contributed by atoms with van der Waals surface area (Å²) in [5, 5.41) is 0. The molecule has 0 aromatic carbocycles. The molecule has 0 aromatic heterocycles. The monoisotopic (exact) mass is 243 g/mol. The van der Waals surface area contributed by atoms with Crippen molar-refractivity contribution in [2.24, 2.45) is 5.73 Å². The van der Waals surface area contributed by atoms with E-state index in [1.807, 2.05) is 13.8 Å². The van der Waals surface area contributed by atoms with Crippen molar-refractivity contribution < 1.29 is 14.3 Å². The van der Waals surface area contributed by atoms with Gasteiger partial charge in [0.05, 0.1) is 13.2 Å². The van der Waals surface area contributed by atoms with E-state index in [9.17, 15) is 4.79 Å². The Bertz CT molecular complexity index is 237. The molecule has 0 amide bonds. The van der Waals surface area contributed by atoms with Gasteiger partial charge in [0.25, 0.3) is 0 Å². The van der Waals surface area contributed by atoms with Crippen molar-refractivity contribution in [3.63, 3.8) is 0 Å². The molecule has 1 aliphatic carbocycles. The lowest BCUT2D eigenvalue weighted by Gasteiger charge is -2.26. The second kappa shape index (κ2) is 6.97. The first-order valence-corrected chi connectivity index (χ1v) is 6.68. The third kappa shape index (κ3) is 4.64. The topological polar surface area (TPSA) is 61.5 Å². The lowest BCUT2D eigenvalue weighted by atomic mass is 10.0. The van der Waals surface area contributed by atoms with E-state index in [1.165, 1.54) is 0 Å². The van der Waals surface area contributed by atoms with E-state index in [2.05, 4.69) is 0 Å². The summed E-state index contributed by atoms with van der Waals surface area (Å²) in [5.74, 6) is -0.254. The zero-order chi connectivity index (χ0) is 12.7. The van der Waals surface area contributed by atoms with Crippen molar-refractivity contribution in [3.8, 4) is 0 Å². The van der Waals surface area contributed by atoms with Crippen LogP contribution in [0.25, 0.3) is 0 Å². The van der Waals surface area contributed by atoms with Gasteiger partial charge in [0.2, 0.25) is 0 Å². The molecule has 4 nitrogen and oxygen atoms in total. The van der Waals surface area contributed by atoms with Crippen LogP contribution in [0.4, 0.5) is 0 Å². The number of hydrogen-bond acceptors (Lipinski definition) is 4. The van der Waals surface area contributed by atoms with E-state index in [-0.39, 0.29) is 11.5 Å². The average molecular weight is 243 g/mol. The molecule has 1 aliphatic rings. The second-order valence-electron chi connectivity index (χ2n) is 4.91. The van der Waals surface area contributed by atoms with E-state index in [0.29, 0.717) is 19.6 Å². The summed E-state index contributed by atoms with van der Waals surface area (Å²) in [7, 11) is 0. The van der Waals surface area contributed by atoms with E-state index < -0.39 is 6.10 Å². The fourth-order valence-corrected chi connectivity index (χ4v) is 2.26. The van der Waals surface area contributed by atoms with Gasteiger partial charge in [-0.2, -0.15) is 0 Å². The van der Waals surface area contributed by atoms with Gasteiger partial charge in [0.1, 0.15) is 0 Å². The molecule has 1 fully saturated rings. The summed E-state index contributed by atoms with van der Waals surface area (Å²) in [6.45, 7) is 4.71. The third-order valence-electron chi connectivity index (χ3n) is 3.27. The number of rotatable bonds is 7. The first-order chi connectivity index (χ1) is 8.11. The smallest absolute Gasteiger partial charge is 0.335 e. The normalized spacial score (nSPS) is 20.2. The average Bonchev–Trinajstić information content (AvgIpc) is 2.72. The van der Waals surface area contributed by atoms with E-state index >= 15 is 0 Å². The fraction of sp³-hybridized carbons (Fsp3) is 0.923. The first-order valence-electron chi connectivity index (χ1n) is 6.68. The van der Waals surface area contributed by atoms with Gasteiger partial charge in [-0.15, -0.1) is 0 Å². The van der Waals surface area contributed by atoms with Crippen LogP contribution in [0.1, 0.15) is 52.4 Å². The van der Waals surface area contributed by atoms with Gasteiger partial charge in [0.15, 0.2) is 6.10 Å². The fourth-order valence-electron chi connectivity index (χ4n) is 2.26. The summed E-state index contributed by atoms with van der Waals surface area (Å²) in [5.41, 5.74) is 5.98. The molecule has 4 heteroatoms. The molecular weight excluding hydrogens is 218 g/mol. The molecule has 0 heterocycles. The largest absolute Gasteiger partial charge is 0.464 e. The van der Waals surface area contributed by atoms with Gasteiger partial charge in [-0.05, 0) is 26.2 Å². The molecular formula is C13H25NO3. The number of nitrogens with two attached hydrogens (primary N) is 1. The maximum Gasteiger partial charge on any atom is 0.335 e. The minimum Gasteiger partial charge on any atom is -0.464 e. The molecule has 1 saturated carbocycles. The number of hydrogen-bond donors (Lipinski definition) is 1. The minimum absolute atomic E-state index is 0.224. The van der Waals surface area contributed by atoms with Crippen molar-refractivity contribution >= 4 is 5.97 Å². The van der Waals surface area contributed by atoms with Crippen LogP contribution in [0, 0.1) is 0 Å². The van der Waals surface area contributed by atoms with Crippen LogP contribution >= 0.6 is 0 Å². The van der Waals surface area contributed by atoms with Gasteiger partial charge in [0, 0.05) is 5.54 Å². The Morgan fingerprint density at radius 1 is 1.35 bits per heavy atom. The summed E-state index contributed by atoms with van der Waals surface area (Å²) >= 11 is 0. The highest BCUT2D eigenvalue weighted by Gasteiger charge is 2.31. The van der Waals surface area contributed by atoms with Crippen LogP contribution in [0.15, 0.2) is 0 Å². The predicted octanol–water partition coefficient (Wildman–Crippen LogP) is 2.01. The quantitative estimate of drug-likeness (QED) is 0.695. The molecule has 1 rings (SSSR count). The summed E-state index contributed by atoms with van der Waals surface area (Å²) in [6, 6.07) is 0. The SMILES string of the molecule is CCCC(OCC1(N)CCCC1)C(=O)OCC. The number of ether oxygens (including phenoxy) is 2. The van der Waals surface area contributed by atoms with Crippen LogP contribution < -0.4 is 5.73 Å². The molecule has 17 heavy (non-hydrogen) atoms. The number of carbonyl (C=O) groups is 1. The molecule has 1 unspecified atom stereocenters. The van der Waals surface area contributed by atoms with Crippen LogP contribution in [-0.2, 0) is 14.3 Å². The van der Waals surface area contributed by atoms with Crippen molar-refractivity contribution in [1.82, 2.24) is 0 Å². The molecule has 0 aliphatic heterocycles. The zero-order valence-corrected chi connectivity index (χ0v) is 11.0. The van der Waals surface area contributed by atoms with Gasteiger partial charge in [-0.3, -0.25) is 0 Å². The maximum atomic E-state index is 11.7. The lowest BCUT2D eigenvalue weighted by molar-refractivity contribution is -0.158. The summed E-state index contributed by atoms with van der Waals surface area (Å²) < 4.78 is 10.7. The maximum absolute atomic E-state index is 11.7. The summed E-state index contributed by atoms with van der Waals surface area (Å²) in [4.78, 5) is 11.7. The zero-order valence-electron chi connectivity index (χ0n) is 11.0. The van der Waals surface area contributed by atoms with Gasteiger partial charge >= 0.3 is 5.97 Å². The molecule has 0 spiro atoms. The predicted molar refractivity (Wildman–Crippen MR) is 66.7 cm³/mol. The Morgan fingerprint density at radius 3 is 2.53 bits per heavy atom. The van der Waals surface area contributed by atoms with Gasteiger partial charge < -0.3 is 15.2 Å². The van der Waals surface area contributed by atoms with Crippen molar-refractivity contribution in [2.45, 2.75) is 64.0 Å². The van der Waals surface area contributed by atoms with E-state index in [0.717, 1.165) is 32.1 Å². The van der Waals surface area contributed by atoms with Gasteiger partial charge in [-0.25, -0.2) is 4.79 Å². The molecule has 0 radical (unpaired) electrons. The lowest BCUT2D eigenvalue weighted by Crippen LogP contribution is -2.44. The van der Waals surface area contributed by atoms with Crippen LogP contribution in [0.2, 0.25) is 0 Å². The Labute approximate surface area is 104 Å². The highest BCUT2D eigenvalue weighted by atomic mass is 16.6. The summed E-state index contributed by atoms with van der Waals surface area (Å²) in [6.07, 6.45) is 5.48. The minimum atomic E-state index is -0.444. The van der Waals surface area contributed by atoms with Crippen molar-refractivity contribution in [1.29, 1.82) is 0 Å². The third-order valence-corrected chi connectivity index (χ3v) is 3.27. The Balaban J connectivity index is 2.40. The Morgan fingerprint density at radius 2 is 2.00 bits per heavy atom. The molecule has 2 N–H and O–H groups in total. The van der Waals surface area contributed by atoms with Crippen molar-refractivity contribution in [2.75, 3.05) is 13.2 Å². The molecule has 0 aromatic rings. The second-order valence-corrected chi connectivity index (χ2v) is 4.91. The van der Waals surface area contributed by atoms with Gasteiger partial charge in [-0.1, -0.05) is 26.2 Å². The number of esters is 1. The van der Waals surface area contributed by atoms with E-state index in [1.54, 1.807) is 0 Å². The molecule has 100 valence electrons. The number of carbonyl (C=O) groups excluding carboxylic acids is 1. The first kappa shape index (κ1) is 14.5. The highest BCUT2D eigenvalue weighted by molar-refractivity contribution is 5.74. The Kier molecular flexibility index (Phi) is 5.92. The molecule has 1 atom stereocenters. The highest BCUT2D eigenvalue weighted by Crippen LogP contribution is 2.27. The van der Waals surface area contributed by atoms with Crippen molar-refractivity contribution in [3.05, 3.63) is 0 Å². The van der Waals surface area contributed by atoms with Crippen LogP contribution in [0.3, 0.4) is 0 Å². The molecule has 0 bridgehead atoms. The molecule has 0 saturated heterocycles. The van der Waals surface area contributed by atoms with E-state index in [4.69, 9.17) is 15.2 Å².